The van der Waals surface area contributed by atoms with Gasteiger partial charge in [0.25, 0.3) is 5.91 Å². The lowest BCUT2D eigenvalue weighted by molar-refractivity contribution is 0.0854. The van der Waals surface area contributed by atoms with Crippen molar-refractivity contribution in [3.05, 3.63) is 71.8 Å². The molecule has 0 unspecified atom stereocenters. The van der Waals surface area contributed by atoms with Gasteiger partial charge in [0.05, 0.1) is 5.69 Å². The number of allylic oxidation sites excluding steroid dienone is 1. The van der Waals surface area contributed by atoms with Crippen LogP contribution in [0.5, 0.6) is 0 Å². The largest absolute Gasteiger partial charge is 0.286 e. The first-order valence-electron chi connectivity index (χ1n) is 5.95. The van der Waals surface area contributed by atoms with Crippen LogP contribution >= 0.6 is 0 Å². The van der Waals surface area contributed by atoms with Crippen LogP contribution in [0.25, 0.3) is 6.08 Å². The lowest BCUT2D eigenvalue weighted by Gasteiger charge is -2.16. The first-order chi connectivity index (χ1) is 9.74. The molecule has 0 aliphatic heterocycles. The van der Waals surface area contributed by atoms with Crippen LogP contribution in [0.3, 0.4) is 0 Å². The topological polar surface area (TPSA) is 57.6 Å². The van der Waals surface area contributed by atoms with Gasteiger partial charge in [-0.3, -0.25) is 14.8 Å². The lowest BCUT2D eigenvalue weighted by atomic mass is 10.1. The minimum Gasteiger partial charge on any atom is -0.286 e. The zero-order valence-electron chi connectivity index (χ0n) is 10.6. The number of rotatable bonds is 4. The van der Waals surface area contributed by atoms with Gasteiger partial charge >= 0.3 is 0 Å². The van der Waals surface area contributed by atoms with Gasteiger partial charge in [0.2, 0.25) is 6.29 Å². The number of para-hydroxylation sites is 1. The molecule has 0 saturated carbocycles. The van der Waals surface area contributed by atoms with Crippen LogP contribution in [-0.4, -0.2) is 17.4 Å². The fourth-order valence-corrected chi connectivity index (χ4v) is 1.76. The number of hydrogen-bond donors (Lipinski definition) is 1. The molecule has 2 aromatic rings. The van der Waals surface area contributed by atoms with Crippen molar-refractivity contribution in [1.29, 1.82) is 0 Å². The maximum atomic E-state index is 12.3. The van der Waals surface area contributed by atoms with Crippen molar-refractivity contribution in [2.45, 2.75) is 0 Å². The Kier molecular flexibility index (Phi) is 4.42. The third kappa shape index (κ3) is 2.99. The number of carbonyl (C=O) groups is 1. The van der Waals surface area contributed by atoms with E-state index in [4.69, 9.17) is 0 Å². The van der Waals surface area contributed by atoms with Gasteiger partial charge in [0.1, 0.15) is 0 Å². The number of amides is 1. The van der Waals surface area contributed by atoms with Crippen molar-refractivity contribution in [3.63, 3.8) is 0 Å². The van der Waals surface area contributed by atoms with E-state index in [-0.39, 0.29) is 0 Å². The van der Waals surface area contributed by atoms with Crippen LogP contribution in [0.4, 0.5) is 5.69 Å². The monoisotopic (exact) mass is 266 g/mol. The van der Waals surface area contributed by atoms with E-state index in [2.05, 4.69) is 0 Å². The molecule has 0 saturated heterocycles. The summed E-state index contributed by atoms with van der Waals surface area (Å²) in [5, 5.41) is 10.6. The summed E-state index contributed by atoms with van der Waals surface area (Å²) in [5.41, 5.74) is 1.21. The molecule has 0 aromatic heterocycles. The van der Waals surface area contributed by atoms with Gasteiger partial charge in [-0.05, 0) is 29.8 Å². The Morgan fingerprint density at radius 2 is 1.70 bits per heavy atom. The third-order valence-corrected chi connectivity index (χ3v) is 2.72. The summed E-state index contributed by atoms with van der Waals surface area (Å²) >= 11 is 0. The minimum atomic E-state index is -0.567. The third-order valence-electron chi connectivity index (χ3n) is 2.72. The quantitative estimate of drug-likeness (QED) is 0.526. The molecule has 4 nitrogen and oxygen atoms in total. The SMILES string of the molecule is O=[C]C=Cc1ccccc1C(=O)N(O)c1ccccc1. The average Bonchev–Trinajstić information content (AvgIpc) is 2.52. The van der Waals surface area contributed by atoms with E-state index in [1.54, 1.807) is 60.9 Å². The zero-order chi connectivity index (χ0) is 14.4. The summed E-state index contributed by atoms with van der Waals surface area (Å²) < 4.78 is 0. The number of nitrogens with zero attached hydrogens (tertiary/aromatic N) is 1. The van der Waals surface area contributed by atoms with E-state index in [0.29, 0.717) is 21.9 Å². The molecule has 2 aromatic carbocycles. The molecular formula is C16H12NO3. The number of hydroxylamine groups is 1. The van der Waals surface area contributed by atoms with Crippen molar-refractivity contribution in [2.75, 3.05) is 5.06 Å². The Hall–Kier alpha value is -2.72. The van der Waals surface area contributed by atoms with Crippen molar-refractivity contribution in [1.82, 2.24) is 0 Å². The van der Waals surface area contributed by atoms with E-state index in [0.717, 1.165) is 0 Å². The zero-order valence-corrected chi connectivity index (χ0v) is 10.6. The van der Waals surface area contributed by atoms with Crippen molar-refractivity contribution < 1.29 is 14.8 Å². The van der Waals surface area contributed by atoms with E-state index in [1.165, 1.54) is 12.2 Å². The van der Waals surface area contributed by atoms with Gasteiger partial charge in [0, 0.05) is 5.56 Å². The van der Waals surface area contributed by atoms with E-state index in [9.17, 15) is 14.8 Å². The maximum Gasteiger partial charge on any atom is 0.282 e. The molecule has 0 heterocycles. The first kappa shape index (κ1) is 13.7. The summed E-state index contributed by atoms with van der Waals surface area (Å²) in [4.78, 5) is 22.5. The van der Waals surface area contributed by atoms with Crippen LogP contribution in [0, 0.1) is 0 Å². The summed E-state index contributed by atoms with van der Waals surface area (Å²) in [6.45, 7) is 0. The van der Waals surface area contributed by atoms with E-state index in [1.807, 2.05) is 0 Å². The number of benzene rings is 2. The molecule has 0 spiro atoms. The number of hydrogen-bond acceptors (Lipinski definition) is 3. The molecule has 2 rings (SSSR count). The Balaban J connectivity index is 2.34. The van der Waals surface area contributed by atoms with Crippen LogP contribution in [0.2, 0.25) is 0 Å². The molecule has 0 aliphatic rings. The number of carbonyl (C=O) groups excluding carboxylic acids is 2. The molecular weight excluding hydrogens is 254 g/mol. The summed E-state index contributed by atoms with van der Waals surface area (Å²) in [7, 11) is 0. The normalized spacial score (nSPS) is 10.4. The van der Waals surface area contributed by atoms with Crippen LogP contribution in [0.15, 0.2) is 60.7 Å². The second-order valence-corrected chi connectivity index (χ2v) is 3.99. The first-order valence-corrected chi connectivity index (χ1v) is 5.95. The standard InChI is InChI=1S/C16H12NO3/c18-12-6-8-13-7-4-5-11-15(13)16(19)17(20)14-9-2-1-3-10-14/h1-11,20H. The molecule has 0 fully saturated rings. The van der Waals surface area contributed by atoms with E-state index >= 15 is 0 Å². The maximum absolute atomic E-state index is 12.3. The van der Waals surface area contributed by atoms with Crippen molar-refractivity contribution in [3.8, 4) is 0 Å². The minimum absolute atomic E-state index is 0.297. The highest BCUT2D eigenvalue weighted by Gasteiger charge is 2.17. The highest BCUT2D eigenvalue weighted by molar-refractivity contribution is 6.07. The Bertz CT molecular complexity index is 635. The lowest BCUT2D eigenvalue weighted by Crippen LogP contribution is -2.27. The van der Waals surface area contributed by atoms with Crippen LogP contribution in [0.1, 0.15) is 15.9 Å². The van der Waals surface area contributed by atoms with Crippen molar-refractivity contribution in [2.24, 2.45) is 0 Å². The summed E-state index contributed by atoms with van der Waals surface area (Å²) in [6.07, 6.45) is 4.27. The highest BCUT2D eigenvalue weighted by Crippen LogP contribution is 2.18. The molecule has 4 heteroatoms. The van der Waals surface area contributed by atoms with Crippen LogP contribution < -0.4 is 5.06 Å². The summed E-state index contributed by atoms with van der Waals surface area (Å²) in [5.74, 6) is -0.567. The molecule has 0 atom stereocenters. The van der Waals surface area contributed by atoms with E-state index < -0.39 is 5.91 Å². The summed E-state index contributed by atoms with van der Waals surface area (Å²) in [6, 6.07) is 15.2. The van der Waals surface area contributed by atoms with Gasteiger partial charge in [-0.15, -0.1) is 0 Å². The van der Waals surface area contributed by atoms with Crippen molar-refractivity contribution >= 4 is 24.0 Å². The fourth-order valence-electron chi connectivity index (χ4n) is 1.76. The molecule has 0 aliphatic carbocycles. The molecule has 1 N–H and O–H groups in total. The molecule has 20 heavy (non-hydrogen) atoms. The molecule has 1 radical (unpaired) electrons. The Morgan fingerprint density at radius 1 is 1.05 bits per heavy atom. The smallest absolute Gasteiger partial charge is 0.282 e. The van der Waals surface area contributed by atoms with Gasteiger partial charge < -0.3 is 0 Å². The van der Waals surface area contributed by atoms with Gasteiger partial charge in [-0.1, -0.05) is 42.5 Å². The fraction of sp³-hybridized carbons (Fsp3) is 0. The second-order valence-electron chi connectivity index (χ2n) is 3.99. The Labute approximate surface area is 116 Å². The molecule has 99 valence electrons. The van der Waals surface area contributed by atoms with Gasteiger partial charge in [0.15, 0.2) is 0 Å². The molecule has 1 amide bonds. The van der Waals surface area contributed by atoms with Gasteiger partial charge in [-0.2, -0.15) is 5.06 Å². The molecule has 0 bridgehead atoms. The predicted molar refractivity (Wildman–Crippen MR) is 76.2 cm³/mol. The Morgan fingerprint density at radius 3 is 2.40 bits per heavy atom. The van der Waals surface area contributed by atoms with Gasteiger partial charge in [-0.25, -0.2) is 0 Å². The number of anilines is 1. The van der Waals surface area contributed by atoms with Crippen LogP contribution in [-0.2, 0) is 4.79 Å². The second kappa shape index (κ2) is 6.45. The average molecular weight is 266 g/mol. The highest BCUT2D eigenvalue weighted by atomic mass is 16.5. The predicted octanol–water partition coefficient (Wildman–Crippen LogP) is 2.85.